The number of para-hydroxylation sites is 1. The van der Waals surface area contributed by atoms with Gasteiger partial charge in [0.25, 0.3) is 0 Å². The van der Waals surface area contributed by atoms with E-state index in [9.17, 15) is 13.6 Å². The van der Waals surface area contributed by atoms with Gasteiger partial charge < -0.3 is 14.9 Å². The molecule has 0 aliphatic heterocycles. The SMILES string of the molecule is O=C(O)c1cc(F)c(Oc2ccccc2CO)c(F)c1. The largest absolute Gasteiger partial charge is 0.478 e. The number of carboxylic acid groups (broad SMARTS) is 1. The molecule has 2 aromatic rings. The van der Waals surface area contributed by atoms with E-state index < -0.39 is 28.9 Å². The van der Waals surface area contributed by atoms with E-state index in [1.807, 2.05) is 0 Å². The summed E-state index contributed by atoms with van der Waals surface area (Å²) in [6.45, 7) is -0.355. The maximum atomic E-state index is 13.7. The van der Waals surface area contributed by atoms with Gasteiger partial charge in [-0.2, -0.15) is 0 Å². The van der Waals surface area contributed by atoms with E-state index >= 15 is 0 Å². The molecule has 0 bridgehead atoms. The number of carbonyl (C=O) groups is 1. The van der Waals surface area contributed by atoms with Crippen LogP contribution in [0.5, 0.6) is 11.5 Å². The van der Waals surface area contributed by atoms with Crippen LogP contribution in [0.2, 0.25) is 0 Å². The van der Waals surface area contributed by atoms with Gasteiger partial charge in [0, 0.05) is 5.56 Å². The maximum Gasteiger partial charge on any atom is 0.335 e. The summed E-state index contributed by atoms with van der Waals surface area (Å²) in [5.41, 5.74) is -0.156. The lowest BCUT2D eigenvalue weighted by molar-refractivity contribution is 0.0695. The fourth-order valence-corrected chi connectivity index (χ4v) is 1.62. The molecule has 2 N–H and O–H groups in total. The number of benzene rings is 2. The molecule has 0 heterocycles. The summed E-state index contributed by atoms with van der Waals surface area (Å²) >= 11 is 0. The van der Waals surface area contributed by atoms with Crippen molar-refractivity contribution in [2.24, 2.45) is 0 Å². The van der Waals surface area contributed by atoms with Gasteiger partial charge in [-0.1, -0.05) is 18.2 Å². The zero-order valence-corrected chi connectivity index (χ0v) is 10.1. The predicted molar refractivity (Wildman–Crippen MR) is 65.8 cm³/mol. The van der Waals surface area contributed by atoms with Crippen LogP contribution in [-0.2, 0) is 6.61 Å². The summed E-state index contributed by atoms with van der Waals surface area (Å²) in [5, 5.41) is 17.8. The molecule has 0 saturated heterocycles. The molecule has 0 aromatic heterocycles. The number of halogens is 2. The van der Waals surface area contributed by atoms with Crippen LogP contribution in [0.4, 0.5) is 8.78 Å². The molecular weight excluding hydrogens is 270 g/mol. The van der Waals surface area contributed by atoms with Crippen molar-refractivity contribution in [2.75, 3.05) is 0 Å². The van der Waals surface area contributed by atoms with Crippen LogP contribution in [0.1, 0.15) is 15.9 Å². The Morgan fingerprint density at radius 1 is 1.15 bits per heavy atom. The number of hydrogen-bond acceptors (Lipinski definition) is 3. The van der Waals surface area contributed by atoms with Crippen molar-refractivity contribution in [2.45, 2.75) is 6.61 Å². The highest BCUT2D eigenvalue weighted by molar-refractivity contribution is 5.87. The first kappa shape index (κ1) is 14.0. The highest BCUT2D eigenvalue weighted by atomic mass is 19.1. The van der Waals surface area contributed by atoms with Gasteiger partial charge in [0.15, 0.2) is 17.4 Å². The molecule has 0 amide bonds. The average molecular weight is 280 g/mol. The lowest BCUT2D eigenvalue weighted by Crippen LogP contribution is -2.02. The number of aliphatic hydroxyl groups excluding tert-OH is 1. The first-order valence-electron chi connectivity index (χ1n) is 5.62. The molecule has 0 aliphatic rings. The van der Waals surface area contributed by atoms with E-state index in [-0.39, 0.29) is 12.4 Å². The standard InChI is InChI=1S/C14H10F2O4/c15-10-5-9(14(18)19)6-11(16)13(10)20-12-4-2-1-3-8(12)7-17/h1-6,17H,7H2,(H,18,19). The minimum Gasteiger partial charge on any atom is -0.478 e. The Kier molecular flexibility index (Phi) is 3.95. The molecule has 0 fully saturated rings. The van der Waals surface area contributed by atoms with Crippen LogP contribution in [0, 0.1) is 11.6 Å². The molecule has 20 heavy (non-hydrogen) atoms. The van der Waals surface area contributed by atoms with E-state index in [0.717, 1.165) is 0 Å². The second-order valence-corrected chi connectivity index (χ2v) is 3.94. The van der Waals surface area contributed by atoms with Crippen LogP contribution < -0.4 is 4.74 Å². The Balaban J connectivity index is 2.41. The monoisotopic (exact) mass is 280 g/mol. The van der Waals surface area contributed by atoms with Gasteiger partial charge in [-0.3, -0.25) is 0 Å². The number of aromatic carboxylic acids is 1. The van der Waals surface area contributed by atoms with Gasteiger partial charge in [0.2, 0.25) is 0 Å². The molecule has 6 heteroatoms. The normalized spacial score (nSPS) is 10.3. The van der Waals surface area contributed by atoms with E-state index in [2.05, 4.69) is 0 Å². The number of carboxylic acids is 1. The summed E-state index contributed by atoms with van der Waals surface area (Å²) in [6, 6.07) is 7.53. The molecule has 0 radical (unpaired) electrons. The topological polar surface area (TPSA) is 66.8 Å². The van der Waals surface area contributed by atoms with Gasteiger partial charge in [-0.05, 0) is 18.2 Å². The summed E-state index contributed by atoms with van der Waals surface area (Å²) in [4.78, 5) is 10.7. The minimum atomic E-state index is -1.44. The van der Waals surface area contributed by atoms with Crippen molar-refractivity contribution < 1.29 is 28.5 Å². The Bertz CT molecular complexity index is 632. The summed E-state index contributed by atoms with van der Waals surface area (Å²) in [6.07, 6.45) is 0. The Morgan fingerprint density at radius 2 is 1.75 bits per heavy atom. The van der Waals surface area contributed by atoms with Crippen molar-refractivity contribution in [3.8, 4) is 11.5 Å². The summed E-state index contributed by atoms with van der Waals surface area (Å²) in [5.74, 6) is -4.32. The van der Waals surface area contributed by atoms with Gasteiger partial charge in [0.05, 0.1) is 12.2 Å². The van der Waals surface area contributed by atoms with Gasteiger partial charge in [-0.25, -0.2) is 13.6 Å². The van der Waals surface area contributed by atoms with Crippen molar-refractivity contribution in [1.82, 2.24) is 0 Å². The molecule has 0 aliphatic carbocycles. The second kappa shape index (κ2) is 5.66. The molecule has 0 unspecified atom stereocenters. The van der Waals surface area contributed by atoms with Gasteiger partial charge in [-0.15, -0.1) is 0 Å². The lowest BCUT2D eigenvalue weighted by atomic mass is 10.2. The third kappa shape index (κ3) is 2.75. The van der Waals surface area contributed by atoms with E-state index in [1.54, 1.807) is 12.1 Å². The smallest absolute Gasteiger partial charge is 0.335 e. The Morgan fingerprint density at radius 3 is 2.30 bits per heavy atom. The molecule has 0 spiro atoms. The maximum absolute atomic E-state index is 13.7. The third-order valence-electron chi connectivity index (χ3n) is 2.60. The molecule has 0 saturated carbocycles. The Hall–Kier alpha value is -2.47. The molecule has 104 valence electrons. The highest BCUT2D eigenvalue weighted by Gasteiger charge is 2.17. The highest BCUT2D eigenvalue weighted by Crippen LogP contribution is 2.30. The molecule has 2 rings (SSSR count). The van der Waals surface area contributed by atoms with E-state index in [4.69, 9.17) is 14.9 Å². The molecule has 4 nitrogen and oxygen atoms in total. The van der Waals surface area contributed by atoms with E-state index in [0.29, 0.717) is 17.7 Å². The van der Waals surface area contributed by atoms with Crippen molar-refractivity contribution in [3.63, 3.8) is 0 Å². The summed E-state index contributed by atoms with van der Waals surface area (Å²) < 4.78 is 32.5. The predicted octanol–water partition coefficient (Wildman–Crippen LogP) is 2.95. The van der Waals surface area contributed by atoms with Crippen LogP contribution in [0.3, 0.4) is 0 Å². The Labute approximate surface area is 112 Å². The fraction of sp³-hybridized carbons (Fsp3) is 0.0714. The summed E-state index contributed by atoms with van der Waals surface area (Å²) in [7, 11) is 0. The minimum absolute atomic E-state index is 0.0934. The first-order chi connectivity index (χ1) is 9.52. The average Bonchev–Trinajstić information content (AvgIpc) is 2.42. The van der Waals surface area contributed by atoms with Crippen LogP contribution in [0.25, 0.3) is 0 Å². The number of hydrogen-bond donors (Lipinski definition) is 2. The van der Waals surface area contributed by atoms with E-state index in [1.165, 1.54) is 12.1 Å². The number of rotatable bonds is 4. The zero-order valence-electron chi connectivity index (χ0n) is 10.1. The lowest BCUT2D eigenvalue weighted by Gasteiger charge is -2.11. The zero-order chi connectivity index (χ0) is 14.7. The third-order valence-corrected chi connectivity index (χ3v) is 2.60. The molecular formula is C14H10F2O4. The fourth-order valence-electron chi connectivity index (χ4n) is 1.62. The van der Waals surface area contributed by atoms with Crippen molar-refractivity contribution in [1.29, 1.82) is 0 Å². The first-order valence-corrected chi connectivity index (χ1v) is 5.62. The van der Waals surface area contributed by atoms with Crippen LogP contribution >= 0.6 is 0 Å². The number of ether oxygens (including phenoxy) is 1. The van der Waals surface area contributed by atoms with Gasteiger partial charge in [0.1, 0.15) is 5.75 Å². The van der Waals surface area contributed by atoms with Crippen LogP contribution in [0.15, 0.2) is 36.4 Å². The van der Waals surface area contributed by atoms with Crippen molar-refractivity contribution >= 4 is 5.97 Å². The number of aliphatic hydroxyl groups is 1. The van der Waals surface area contributed by atoms with Crippen molar-refractivity contribution in [3.05, 3.63) is 59.2 Å². The quantitative estimate of drug-likeness (QED) is 0.903. The van der Waals surface area contributed by atoms with Gasteiger partial charge >= 0.3 is 5.97 Å². The second-order valence-electron chi connectivity index (χ2n) is 3.94. The molecule has 2 aromatic carbocycles. The van der Waals surface area contributed by atoms with Crippen LogP contribution in [-0.4, -0.2) is 16.2 Å². The molecule has 0 atom stereocenters.